The summed E-state index contributed by atoms with van der Waals surface area (Å²) in [6, 6.07) is 25.5. The quantitative estimate of drug-likeness (QED) is 0.0121. The van der Waals surface area contributed by atoms with E-state index < -0.39 is 92.4 Å². The van der Waals surface area contributed by atoms with Crippen LogP contribution in [0, 0.1) is 0 Å². The van der Waals surface area contributed by atoms with Crippen molar-refractivity contribution in [3.63, 3.8) is 0 Å². The fourth-order valence-electron chi connectivity index (χ4n) is 14.8. The predicted octanol–water partition coefficient (Wildman–Crippen LogP) is 5.67. The molecule has 5 aliphatic rings. The zero-order chi connectivity index (χ0) is 83.6. The number of nitrogens with zero attached hydrogens (tertiary/aromatic N) is 7. The molecule has 118 heavy (non-hydrogen) atoms. The Kier molecular flexibility index (Phi) is 27.6. The van der Waals surface area contributed by atoms with Gasteiger partial charge in [0.25, 0.3) is 39.7 Å². The maximum absolute atomic E-state index is 14.5. The Morgan fingerprint density at radius 2 is 1.31 bits per heavy atom. The number of carbonyl (C=O) groups excluding carboxylic acids is 5. The van der Waals surface area contributed by atoms with Gasteiger partial charge in [-0.2, -0.15) is 8.42 Å². The minimum absolute atomic E-state index is 0.0345. The molecule has 13 rings (SSSR count). The molecule has 5 amide bonds. The number of aliphatic hydroxyl groups excluding tert-OH is 4. The molecule has 33 nitrogen and oxygen atoms in total. The molecule has 3 aromatic heterocycles. The van der Waals surface area contributed by atoms with E-state index in [-0.39, 0.29) is 131 Å². The zero-order valence-corrected chi connectivity index (χ0v) is 68.7. The number of fused-ring (bicyclic) bond motifs is 5. The number of aromatic nitrogens is 3. The Morgan fingerprint density at radius 3 is 2.02 bits per heavy atom. The van der Waals surface area contributed by atoms with Gasteiger partial charge in [-0.3, -0.25) is 33.4 Å². The van der Waals surface area contributed by atoms with Crippen LogP contribution >= 0.6 is 22.7 Å². The average molecular weight is 1710 g/mol. The third-order valence-corrected chi connectivity index (χ3v) is 24.8. The summed E-state index contributed by atoms with van der Waals surface area (Å²) in [4.78, 5) is 71.9. The van der Waals surface area contributed by atoms with E-state index in [0.717, 1.165) is 68.5 Å². The lowest BCUT2D eigenvalue weighted by atomic mass is 9.97. The number of methoxy groups -OCH3 is 2. The maximum Gasteiger partial charge on any atom is 0.501 e. The lowest BCUT2D eigenvalue weighted by molar-refractivity contribution is -0.916. The number of rotatable bonds is 35. The van der Waals surface area contributed by atoms with Gasteiger partial charge in [0.05, 0.1) is 99.9 Å². The van der Waals surface area contributed by atoms with Gasteiger partial charge in [0.15, 0.2) is 34.5 Å². The molecule has 1 saturated heterocycles. The van der Waals surface area contributed by atoms with Crippen molar-refractivity contribution in [1.29, 1.82) is 0 Å². The SMILES string of the molecule is COc1cc2c(cc1OCc1cc(COc3cc4c(cc3OC)C(=O)N3Cc5ccsc5C[C@H]3C(S(=O)(=O)O)C4)cc(C[N+](C)(C)Cc3ccc(OS(=O)(=O)Oc4cc(C(=O)N(C)CCOCCn5cc(COCCOCCN6C(=O)C=CC6=O)nn5)ccc4OC4O[C@H](CO)[C@H](O)[C@H](O)[C@H]4O)cc3)c1)CCCCc1sccc1CNC2=O. The number of amides is 5. The highest BCUT2D eigenvalue weighted by Crippen LogP contribution is 2.42. The van der Waals surface area contributed by atoms with Crippen LogP contribution in [-0.2, 0) is 127 Å². The molecular weight excluding hydrogens is 1610 g/mol. The van der Waals surface area contributed by atoms with Crippen LogP contribution in [0.25, 0.3) is 0 Å². The highest BCUT2D eigenvalue weighted by Gasteiger charge is 2.47. The van der Waals surface area contributed by atoms with Gasteiger partial charge in [-0.1, -0.05) is 5.21 Å². The molecule has 0 aliphatic carbocycles. The van der Waals surface area contributed by atoms with Crippen LogP contribution in [0.5, 0.6) is 40.2 Å². The summed E-state index contributed by atoms with van der Waals surface area (Å²) in [6.45, 7) is 2.02. The second kappa shape index (κ2) is 38.0. The molecular formula is C81H93N8O25S4+. The molecule has 37 heteroatoms. The number of thiophene rings is 2. The van der Waals surface area contributed by atoms with E-state index in [0.29, 0.717) is 71.0 Å². The molecule has 7 atom stereocenters. The number of carbonyl (C=O) groups is 5. The molecule has 8 aromatic rings. The summed E-state index contributed by atoms with van der Waals surface area (Å²) in [6.07, 6.45) is -1.31. The number of imide groups is 1. The summed E-state index contributed by atoms with van der Waals surface area (Å²) < 4.78 is 132. The van der Waals surface area contributed by atoms with E-state index in [9.17, 15) is 65.8 Å². The molecule has 0 radical (unpaired) electrons. The van der Waals surface area contributed by atoms with Gasteiger partial charge in [0, 0.05) is 82.8 Å². The standard InChI is InChI=1S/C81H92N8O25S4/c1-85(20-23-106-24-21-86-42-58(83-84-86)48-108-27-26-107-25-22-87-73(91)16-17-74(87)92)79(97)54-12-15-63(111-81-77(95)76(94)75(93)69(45-90)112-81)68(34-54)114-118(102,103)113-59-13-10-49(11-14-59)43-89(2,3)44-50-30-51(46-109-66-33-53-8-6-7-9-70-55(18-28-115-70)40-82-78(96)60(53)37-64(66)104-4)32-52(31-50)47-110-67-35-57-36-72(117(99,100)101)62-39-71-56(19-29-116-71)41-88(62)80(98)61(57)38-65(67)105-5/h10-19,28-35,37-38,42,62,69,72,75-77,81,90,93-95H,6-9,20-27,36,39-41,43-48H2,1-5H3,(H-,82,96,99,100,101)/p+1/t62-,69+,72?,75-,76-,77+,81?/m0/s1. The van der Waals surface area contributed by atoms with Crippen molar-refractivity contribution in [2.24, 2.45) is 0 Å². The van der Waals surface area contributed by atoms with E-state index in [1.54, 1.807) is 52.5 Å². The van der Waals surface area contributed by atoms with Crippen LogP contribution in [-0.4, -0.2) is 236 Å². The van der Waals surface area contributed by atoms with Gasteiger partial charge >= 0.3 is 10.4 Å². The lowest BCUT2D eigenvalue weighted by Crippen LogP contribution is -2.60. The first-order chi connectivity index (χ1) is 56.6. The molecule has 2 unspecified atom stereocenters. The average Bonchev–Trinajstić information content (AvgIpc) is 1.59. The molecule has 0 spiro atoms. The largest absolute Gasteiger partial charge is 0.501 e. The molecule has 1 fully saturated rings. The number of benzene rings is 5. The normalized spacial score (nSPS) is 19.5. The van der Waals surface area contributed by atoms with E-state index in [1.807, 2.05) is 61.3 Å². The Morgan fingerprint density at radius 1 is 0.653 bits per heavy atom. The van der Waals surface area contributed by atoms with Crippen molar-refractivity contribution in [1.82, 2.24) is 35.0 Å². The van der Waals surface area contributed by atoms with Crippen LogP contribution in [0.2, 0.25) is 0 Å². The minimum Gasteiger partial charge on any atom is -0.493 e. The van der Waals surface area contributed by atoms with Crippen molar-refractivity contribution in [3.05, 3.63) is 203 Å². The van der Waals surface area contributed by atoms with Crippen molar-refractivity contribution in [3.8, 4) is 40.2 Å². The molecule has 8 heterocycles. The van der Waals surface area contributed by atoms with Gasteiger partial charge in [-0.15, -0.1) is 36.2 Å². The fraction of sp³-hybridized carbons (Fsp3) is 0.420. The second-order valence-electron chi connectivity index (χ2n) is 29.7. The third kappa shape index (κ3) is 21.2. The fourth-order valence-corrected chi connectivity index (χ4v) is 18.4. The molecule has 5 aliphatic heterocycles. The number of hydrogen-bond donors (Lipinski definition) is 6. The number of aryl methyl sites for hydroxylation is 2. The van der Waals surface area contributed by atoms with Crippen LogP contribution < -0.4 is 37.4 Å². The van der Waals surface area contributed by atoms with Crippen LogP contribution in [0.15, 0.2) is 126 Å². The number of hydrogen-bond acceptors (Lipinski definition) is 28. The van der Waals surface area contributed by atoms with E-state index in [1.165, 1.54) is 83.7 Å². The Bertz CT molecular complexity index is 5210. The molecule has 0 bridgehead atoms. The smallest absolute Gasteiger partial charge is 0.493 e. The van der Waals surface area contributed by atoms with Gasteiger partial charge < -0.3 is 91.0 Å². The van der Waals surface area contributed by atoms with E-state index >= 15 is 0 Å². The summed E-state index contributed by atoms with van der Waals surface area (Å²) >= 11 is 3.16. The molecule has 6 N–H and O–H groups in total. The summed E-state index contributed by atoms with van der Waals surface area (Å²) in [7, 11) is -1.35. The number of quaternary nitrogens is 1. The Balaban J connectivity index is 0.680. The zero-order valence-electron chi connectivity index (χ0n) is 65.4. The Hall–Kier alpha value is -9.97. The van der Waals surface area contributed by atoms with Crippen LogP contribution in [0.4, 0.5) is 0 Å². The van der Waals surface area contributed by atoms with Crippen molar-refractivity contribution >= 4 is 72.7 Å². The van der Waals surface area contributed by atoms with E-state index in [2.05, 4.69) is 15.6 Å². The van der Waals surface area contributed by atoms with Crippen molar-refractivity contribution < 1.29 is 121 Å². The molecule has 5 aromatic carbocycles. The van der Waals surface area contributed by atoms with Crippen molar-refractivity contribution in [2.75, 3.05) is 88.1 Å². The first-order valence-corrected chi connectivity index (χ1v) is 42.7. The first-order valence-electron chi connectivity index (χ1n) is 38.1. The van der Waals surface area contributed by atoms with Gasteiger partial charge in [-0.25, -0.2) is 4.68 Å². The lowest BCUT2D eigenvalue weighted by Gasteiger charge is -2.39. The maximum atomic E-state index is 14.5. The van der Waals surface area contributed by atoms with Gasteiger partial charge in [0.1, 0.15) is 67.4 Å². The monoisotopic (exact) mass is 1710 g/mol. The molecule has 0 saturated carbocycles. The van der Waals surface area contributed by atoms with Crippen LogP contribution in [0.3, 0.4) is 0 Å². The Labute approximate surface area is 689 Å². The summed E-state index contributed by atoms with van der Waals surface area (Å²) in [5.41, 5.74) is 7.36. The molecule has 630 valence electrons. The summed E-state index contributed by atoms with van der Waals surface area (Å²) in [5.74, 6) is -1.99. The summed E-state index contributed by atoms with van der Waals surface area (Å²) in [5, 5.41) is 55.8. The second-order valence-corrected chi connectivity index (χ2v) is 34.5. The van der Waals surface area contributed by atoms with E-state index in [4.69, 9.17) is 51.0 Å². The predicted molar refractivity (Wildman–Crippen MR) is 425 cm³/mol. The highest BCUT2D eigenvalue weighted by atomic mass is 32.3. The topological polar surface area (TPSA) is 409 Å². The number of likely N-dealkylation sites (N-methyl/N-ethyl adjacent to an activating group) is 1. The van der Waals surface area contributed by atoms with Gasteiger partial charge in [-0.05, 0) is 173 Å². The van der Waals surface area contributed by atoms with Gasteiger partial charge in [0.2, 0.25) is 6.29 Å². The highest BCUT2D eigenvalue weighted by molar-refractivity contribution is 7.86. The first kappa shape index (κ1) is 85.9. The number of nitrogens with one attached hydrogen (secondary N) is 1. The third-order valence-electron chi connectivity index (χ3n) is 20.8. The van der Waals surface area contributed by atoms with Crippen molar-refractivity contribution in [2.45, 2.75) is 133 Å². The minimum atomic E-state index is -5.12. The van der Waals surface area contributed by atoms with Crippen LogP contribution in [0.1, 0.15) is 104 Å². The number of aliphatic hydroxyl groups is 4. The number of ether oxygens (including phenoxy) is 9.